The monoisotopic (exact) mass is 1210 g/mol. The largest absolute Gasteiger partial charge is 0.455 e. The van der Waals surface area contributed by atoms with Gasteiger partial charge in [-0.2, -0.15) is 0 Å². The van der Waals surface area contributed by atoms with Crippen molar-refractivity contribution in [3.8, 4) is 66.8 Å². The van der Waals surface area contributed by atoms with Crippen molar-refractivity contribution in [3.63, 3.8) is 0 Å². The van der Waals surface area contributed by atoms with Crippen molar-refractivity contribution in [1.29, 1.82) is 0 Å². The molecule has 2 heteroatoms. The Hall–Kier alpha value is -12.6. The Bertz CT molecular complexity index is 6810. The Morgan fingerprint density at radius 2 is 0.479 bits per heavy atom. The molecule has 0 amide bonds. The predicted molar refractivity (Wildman–Crippen MR) is 409 cm³/mol. The van der Waals surface area contributed by atoms with Gasteiger partial charge in [0.05, 0.1) is 0 Å². The Morgan fingerprint density at radius 3 is 1.00 bits per heavy atom. The summed E-state index contributed by atoms with van der Waals surface area (Å²) in [6.45, 7) is 0. The molecule has 442 valence electrons. The molecule has 0 aliphatic heterocycles. The molecule has 2 aromatic heterocycles. The van der Waals surface area contributed by atoms with Gasteiger partial charge in [-0.25, -0.2) is 0 Å². The van der Waals surface area contributed by atoms with Gasteiger partial charge in [-0.1, -0.05) is 297 Å². The van der Waals surface area contributed by atoms with Crippen LogP contribution in [0.15, 0.2) is 336 Å². The van der Waals surface area contributed by atoms with E-state index in [0.717, 1.165) is 60.4 Å². The molecular weight excluding hydrogens is 1160 g/mol. The Balaban J connectivity index is 0.687. The second-order valence-corrected chi connectivity index (χ2v) is 25.9. The lowest BCUT2D eigenvalue weighted by Gasteiger charge is -2.18. The summed E-state index contributed by atoms with van der Waals surface area (Å²) in [6.07, 6.45) is 0. The molecule has 21 aromatic rings. The first-order valence-electron chi connectivity index (χ1n) is 33.2. The van der Waals surface area contributed by atoms with Gasteiger partial charge in [-0.3, -0.25) is 0 Å². The van der Waals surface area contributed by atoms with Gasteiger partial charge < -0.3 is 8.83 Å². The van der Waals surface area contributed by atoms with E-state index in [0.29, 0.717) is 0 Å². The van der Waals surface area contributed by atoms with Gasteiger partial charge in [0.25, 0.3) is 0 Å². The van der Waals surface area contributed by atoms with E-state index in [9.17, 15) is 0 Å². The Morgan fingerprint density at radius 1 is 0.156 bits per heavy atom. The van der Waals surface area contributed by atoms with Crippen molar-refractivity contribution in [3.05, 3.63) is 328 Å². The standard InChI is InChI=1S/C94H54O2/c1-2-20-55(21-3-1)56-40-42-57(43-41-56)86-70-25-7-9-27-72(70)88(73-28-10-8-26-71(73)86)61-47-51-82-85(54-61)96-94-83-39-19-38-68(90(83)78-33-15-16-34-79(78)92(82)94)65-37-18-36-63-62-48-45-59(52-58(62)44-49-67(63)65)87-74-29-11-13-31-76(74)89(77-32-14-12-30-75(77)87)60-46-50-81-84(53-60)95-93-80-35-17-5-23-66(80)64-22-4-6-24-69(64)91(81)93/h1-54H. The highest BCUT2D eigenvalue weighted by Crippen LogP contribution is 2.51. The maximum atomic E-state index is 7.31. The van der Waals surface area contributed by atoms with Crippen LogP contribution in [0.2, 0.25) is 0 Å². The van der Waals surface area contributed by atoms with E-state index in [2.05, 4.69) is 328 Å². The van der Waals surface area contributed by atoms with E-state index in [1.54, 1.807) is 0 Å². The molecule has 0 aliphatic carbocycles. The minimum Gasteiger partial charge on any atom is -0.455 e. The van der Waals surface area contributed by atoms with E-state index in [1.165, 1.54) is 158 Å². The molecule has 0 saturated carbocycles. The zero-order valence-corrected chi connectivity index (χ0v) is 52.0. The molecule has 0 bridgehead atoms. The Labute approximate surface area is 551 Å². The van der Waals surface area contributed by atoms with Crippen molar-refractivity contribution in [2.75, 3.05) is 0 Å². The molecule has 21 rings (SSSR count). The van der Waals surface area contributed by atoms with Gasteiger partial charge in [-0.15, -0.1) is 0 Å². The lowest BCUT2D eigenvalue weighted by atomic mass is 9.85. The van der Waals surface area contributed by atoms with Crippen LogP contribution in [0, 0.1) is 0 Å². The Kier molecular flexibility index (Phi) is 11.3. The molecule has 0 radical (unpaired) electrons. The van der Waals surface area contributed by atoms with Gasteiger partial charge in [0.15, 0.2) is 0 Å². The molecule has 19 aromatic carbocycles. The molecule has 0 unspecified atom stereocenters. The summed E-state index contributed by atoms with van der Waals surface area (Å²) in [5, 5.41) is 28.6. The van der Waals surface area contributed by atoms with E-state index < -0.39 is 0 Å². The van der Waals surface area contributed by atoms with Crippen LogP contribution in [-0.4, -0.2) is 0 Å². The lowest BCUT2D eigenvalue weighted by Crippen LogP contribution is -1.91. The average Bonchev–Trinajstić information content (AvgIpc) is 1.33. The summed E-state index contributed by atoms with van der Waals surface area (Å²) in [5.41, 5.74) is 17.9. The third-order valence-electron chi connectivity index (χ3n) is 21.0. The highest BCUT2D eigenvalue weighted by atomic mass is 16.3. The second kappa shape index (κ2) is 20.4. The minimum absolute atomic E-state index is 0.871. The molecule has 96 heavy (non-hydrogen) atoms. The summed E-state index contributed by atoms with van der Waals surface area (Å²) in [7, 11) is 0. The van der Waals surface area contributed by atoms with Gasteiger partial charge in [-0.05, 0) is 189 Å². The third-order valence-corrected chi connectivity index (χ3v) is 21.0. The quantitative estimate of drug-likeness (QED) is 0.123. The minimum atomic E-state index is 0.871. The maximum absolute atomic E-state index is 7.31. The number of benzene rings is 19. The SMILES string of the molecule is c1ccc(-c2ccc(-c3c4ccccc4c(-c4ccc5c(c4)oc4c6cccc(-c7cccc8c7ccc7cc(-c9c%10ccccc%10c(-c%10ccc%11c(c%10)oc%10c%12ccccc%12c%12ccccc%12c%11%10)c%10ccccc9%10)ccc78)c6c6ccccc6c54)c4ccccc34)cc2)cc1. The number of fused-ring (bicyclic) bond motifs is 23. The van der Waals surface area contributed by atoms with E-state index >= 15 is 0 Å². The van der Waals surface area contributed by atoms with E-state index in [4.69, 9.17) is 8.83 Å². The van der Waals surface area contributed by atoms with Gasteiger partial charge >= 0.3 is 0 Å². The van der Waals surface area contributed by atoms with Crippen molar-refractivity contribution >= 4 is 152 Å². The van der Waals surface area contributed by atoms with Crippen molar-refractivity contribution < 1.29 is 8.83 Å². The zero-order chi connectivity index (χ0) is 62.7. The zero-order valence-electron chi connectivity index (χ0n) is 52.0. The van der Waals surface area contributed by atoms with Crippen molar-refractivity contribution in [1.82, 2.24) is 0 Å². The van der Waals surface area contributed by atoms with Crippen LogP contribution in [0.3, 0.4) is 0 Å². The van der Waals surface area contributed by atoms with Crippen molar-refractivity contribution in [2.24, 2.45) is 0 Å². The first kappa shape index (κ1) is 52.9. The van der Waals surface area contributed by atoms with E-state index in [1.807, 2.05) is 0 Å². The van der Waals surface area contributed by atoms with Crippen molar-refractivity contribution in [2.45, 2.75) is 0 Å². The fraction of sp³-hybridized carbons (Fsp3) is 0. The van der Waals surface area contributed by atoms with Gasteiger partial charge in [0.2, 0.25) is 0 Å². The first-order valence-corrected chi connectivity index (χ1v) is 33.2. The summed E-state index contributed by atoms with van der Waals surface area (Å²) in [4.78, 5) is 0. The molecule has 0 spiro atoms. The molecular formula is C94H54O2. The maximum Gasteiger partial charge on any atom is 0.143 e. The molecule has 0 N–H and O–H groups in total. The third kappa shape index (κ3) is 7.64. The fourth-order valence-corrected chi connectivity index (χ4v) is 16.9. The summed E-state index contributed by atoms with van der Waals surface area (Å²) < 4.78 is 14.3. The fourth-order valence-electron chi connectivity index (χ4n) is 16.9. The number of rotatable bonds is 6. The molecule has 0 saturated heterocycles. The summed E-state index contributed by atoms with van der Waals surface area (Å²) >= 11 is 0. The summed E-state index contributed by atoms with van der Waals surface area (Å²) in [6, 6.07) is 121. The summed E-state index contributed by atoms with van der Waals surface area (Å²) in [5.74, 6) is 0. The molecule has 0 atom stereocenters. The topological polar surface area (TPSA) is 26.3 Å². The smallest absolute Gasteiger partial charge is 0.143 e. The van der Waals surface area contributed by atoms with E-state index in [-0.39, 0.29) is 0 Å². The van der Waals surface area contributed by atoms with Gasteiger partial charge in [0.1, 0.15) is 22.3 Å². The van der Waals surface area contributed by atoms with Crippen LogP contribution >= 0.6 is 0 Å². The second-order valence-electron chi connectivity index (χ2n) is 25.9. The molecule has 0 fully saturated rings. The molecule has 2 heterocycles. The van der Waals surface area contributed by atoms with Crippen LogP contribution in [0.1, 0.15) is 0 Å². The molecule has 2 nitrogen and oxygen atoms in total. The number of hydrogen-bond acceptors (Lipinski definition) is 2. The normalized spacial score (nSPS) is 12.2. The number of furan rings is 2. The molecule has 0 aliphatic rings. The van der Waals surface area contributed by atoms with Gasteiger partial charge in [0, 0.05) is 37.7 Å². The van der Waals surface area contributed by atoms with Crippen LogP contribution in [0.4, 0.5) is 0 Å². The van der Waals surface area contributed by atoms with Crippen LogP contribution in [0.25, 0.3) is 218 Å². The van der Waals surface area contributed by atoms with Crippen LogP contribution in [0.5, 0.6) is 0 Å². The highest BCUT2D eigenvalue weighted by molar-refractivity contribution is 6.35. The number of hydrogen-bond donors (Lipinski definition) is 0. The highest BCUT2D eigenvalue weighted by Gasteiger charge is 2.25. The van der Waals surface area contributed by atoms with Crippen LogP contribution < -0.4 is 0 Å². The predicted octanol–water partition coefficient (Wildman–Crippen LogP) is 27.0. The first-order chi connectivity index (χ1) is 47.6. The average molecular weight is 1220 g/mol. The van der Waals surface area contributed by atoms with Crippen LogP contribution in [-0.2, 0) is 0 Å². The lowest BCUT2D eigenvalue weighted by molar-refractivity contribution is 0.672.